The first-order valence-electron chi connectivity index (χ1n) is 4.48. The largest absolute Gasteiger partial charge is 0.573 e. The predicted molar refractivity (Wildman–Crippen MR) is 52.6 cm³/mol. The summed E-state index contributed by atoms with van der Waals surface area (Å²) in [7, 11) is 0. The number of alkyl halides is 3. The highest BCUT2D eigenvalue weighted by atomic mass is 19.4. The van der Waals surface area contributed by atoms with Crippen LogP contribution in [0, 0.1) is 0 Å². The quantitative estimate of drug-likeness (QED) is 0.746. The van der Waals surface area contributed by atoms with Crippen LogP contribution in [-0.4, -0.2) is 6.36 Å². The van der Waals surface area contributed by atoms with Crippen molar-refractivity contribution in [2.75, 3.05) is 0 Å². The molecule has 0 aliphatic rings. The third-order valence-electron chi connectivity index (χ3n) is 1.97. The summed E-state index contributed by atoms with van der Waals surface area (Å²) in [6.07, 6.45) is -2.67. The van der Waals surface area contributed by atoms with Gasteiger partial charge in [0.2, 0.25) is 0 Å². The van der Waals surface area contributed by atoms with E-state index in [0.29, 0.717) is 17.5 Å². The molecule has 0 fully saturated rings. The third kappa shape index (κ3) is 3.01. The van der Waals surface area contributed by atoms with Crippen molar-refractivity contribution < 1.29 is 17.9 Å². The van der Waals surface area contributed by atoms with Gasteiger partial charge in [-0.05, 0) is 18.1 Å². The number of ether oxygens (including phenoxy) is 1. The molecule has 0 aliphatic heterocycles. The van der Waals surface area contributed by atoms with Crippen molar-refractivity contribution in [2.24, 2.45) is 0 Å². The van der Waals surface area contributed by atoms with Crippen LogP contribution in [0.5, 0.6) is 5.75 Å². The van der Waals surface area contributed by atoms with Crippen LogP contribution < -0.4 is 4.74 Å². The van der Waals surface area contributed by atoms with Gasteiger partial charge in [-0.3, -0.25) is 0 Å². The van der Waals surface area contributed by atoms with Gasteiger partial charge in [0.05, 0.1) is 0 Å². The molecule has 0 amide bonds. The standard InChI is InChI=1S/C11H11F3O/c1-3-8-6-5-7-10(9(8)4-2)15-11(12,13)14/h3,5-7H,1,4H2,2H3. The summed E-state index contributed by atoms with van der Waals surface area (Å²) in [4.78, 5) is 0. The van der Waals surface area contributed by atoms with Crippen LogP contribution >= 0.6 is 0 Å². The molecule has 0 saturated carbocycles. The first kappa shape index (κ1) is 11.6. The Labute approximate surface area is 86.2 Å². The van der Waals surface area contributed by atoms with Crippen molar-refractivity contribution in [3.8, 4) is 5.75 Å². The van der Waals surface area contributed by atoms with Crippen LogP contribution in [-0.2, 0) is 6.42 Å². The van der Waals surface area contributed by atoms with Crippen molar-refractivity contribution in [1.82, 2.24) is 0 Å². The molecule has 0 unspecified atom stereocenters. The maximum Gasteiger partial charge on any atom is 0.573 e. The highest BCUT2D eigenvalue weighted by Gasteiger charge is 2.32. The van der Waals surface area contributed by atoms with Gasteiger partial charge in [-0.2, -0.15) is 0 Å². The van der Waals surface area contributed by atoms with Crippen molar-refractivity contribution in [3.63, 3.8) is 0 Å². The molecule has 1 aromatic carbocycles. The summed E-state index contributed by atoms with van der Waals surface area (Å²) >= 11 is 0. The molecule has 0 aromatic heterocycles. The van der Waals surface area contributed by atoms with Crippen molar-refractivity contribution in [1.29, 1.82) is 0 Å². The van der Waals surface area contributed by atoms with Gasteiger partial charge in [-0.15, -0.1) is 13.2 Å². The zero-order valence-corrected chi connectivity index (χ0v) is 8.27. The van der Waals surface area contributed by atoms with Gasteiger partial charge in [0.15, 0.2) is 0 Å². The van der Waals surface area contributed by atoms with Crippen molar-refractivity contribution in [2.45, 2.75) is 19.7 Å². The van der Waals surface area contributed by atoms with Crippen LogP contribution in [0.15, 0.2) is 24.8 Å². The number of rotatable bonds is 3. The van der Waals surface area contributed by atoms with Gasteiger partial charge in [-0.25, -0.2) is 0 Å². The minimum atomic E-state index is -4.65. The highest BCUT2D eigenvalue weighted by molar-refractivity contribution is 5.56. The Bertz CT molecular complexity index is 355. The monoisotopic (exact) mass is 216 g/mol. The van der Waals surface area contributed by atoms with E-state index in [1.807, 2.05) is 0 Å². The molecule has 0 radical (unpaired) electrons. The van der Waals surface area contributed by atoms with Gasteiger partial charge < -0.3 is 4.74 Å². The molecule has 0 saturated heterocycles. The lowest BCUT2D eigenvalue weighted by atomic mass is 10.0. The average molecular weight is 216 g/mol. The minimum Gasteiger partial charge on any atom is -0.405 e. The maximum absolute atomic E-state index is 12.0. The molecule has 82 valence electrons. The van der Waals surface area contributed by atoms with Crippen LogP contribution in [0.3, 0.4) is 0 Å². The second-order valence-electron chi connectivity index (χ2n) is 2.93. The Kier molecular flexibility index (Phi) is 3.39. The normalized spacial score (nSPS) is 11.2. The fourth-order valence-corrected chi connectivity index (χ4v) is 1.37. The van der Waals surface area contributed by atoms with Gasteiger partial charge in [-0.1, -0.05) is 31.7 Å². The SMILES string of the molecule is C=Cc1cccc(OC(F)(F)F)c1CC. The van der Waals surface area contributed by atoms with Gasteiger partial charge >= 0.3 is 6.36 Å². The smallest absolute Gasteiger partial charge is 0.405 e. The fraction of sp³-hybridized carbons (Fsp3) is 0.273. The minimum absolute atomic E-state index is 0.151. The van der Waals surface area contributed by atoms with Crippen LogP contribution in [0.1, 0.15) is 18.1 Å². The molecule has 0 aliphatic carbocycles. The van der Waals surface area contributed by atoms with Crippen LogP contribution in [0.25, 0.3) is 6.08 Å². The zero-order chi connectivity index (χ0) is 11.5. The second-order valence-corrected chi connectivity index (χ2v) is 2.93. The molecule has 15 heavy (non-hydrogen) atoms. The van der Waals surface area contributed by atoms with E-state index in [1.165, 1.54) is 18.2 Å². The molecule has 1 rings (SSSR count). The maximum atomic E-state index is 12.0. The zero-order valence-electron chi connectivity index (χ0n) is 8.27. The summed E-state index contributed by atoms with van der Waals surface area (Å²) in [5, 5.41) is 0. The van der Waals surface area contributed by atoms with E-state index in [-0.39, 0.29) is 5.75 Å². The lowest BCUT2D eigenvalue weighted by Crippen LogP contribution is -2.18. The van der Waals surface area contributed by atoms with E-state index < -0.39 is 6.36 Å². The topological polar surface area (TPSA) is 9.23 Å². The molecule has 0 atom stereocenters. The second kappa shape index (κ2) is 4.38. The number of halogens is 3. The molecule has 4 heteroatoms. The summed E-state index contributed by atoms with van der Waals surface area (Å²) in [5.74, 6) is -0.151. The summed E-state index contributed by atoms with van der Waals surface area (Å²) in [6, 6.07) is 4.52. The molecule has 1 aromatic rings. The number of hydrogen-bond acceptors (Lipinski definition) is 1. The third-order valence-corrected chi connectivity index (χ3v) is 1.97. The van der Waals surface area contributed by atoms with E-state index in [1.54, 1.807) is 13.0 Å². The lowest BCUT2D eigenvalue weighted by Gasteiger charge is -2.14. The Morgan fingerprint density at radius 3 is 2.53 bits per heavy atom. The summed E-state index contributed by atoms with van der Waals surface area (Å²) in [5.41, 5.74) is 1.18. The highest BCUT2D eigenvalue weighted by Crippen LogP contribution is 2.29. The van der Waals surface area contributed by atoms with Crippen LogP contribution in [0.2, 0.25) is 0 Å². The Hall–Kier alpha value is -1.45. The number of hydrogen-bond donors (Lipinski definition) is 0. The molecule has 0 spiro atoms. The molecule has 0 bridgehead atoms. The van der Waals surface area contributed by atoms with Crippen LogP contribution in [0.4, 0.5) is 13.2 Å². The van der Waals surface area contributed by atoms with Gasteiger partial charge in [0, 0.05) is 5.56 Å². The van der Waals surface area contributed by atoms with Gasteiger partial charge in [0.25, 0.3) is 0 Å². The van der Waals surface area contributed by atoms with Crippen molar-refractivity contribution >= 4 is 6.08 Å². The van der Waals surface area contributed by atoms with E-state index in [0.717, 1.165) is 0 Å². The Morgan fingerprint density at radius 2 is 2.07 bits per heavy atom. The Morgan fingerprint density at radius 1 is 1.40 bits per heavy atom. The lowest BCUT2D eigenvalue weighted by molar-refractivity contribution is -0.274. The van der Waals surface area contributed by atoms with E-state index >= 15 is 0 Å². The molecule has 1 nitrogen and oxygen atoms in total. The Balaban J connectivity index is 3.12. The first-order chi connectivity index (χ1) is 6.98. The van der Waals surface area contributed by atoms with Crippen molar-refractivity contribution in [3.05, 3.63) is 35.9 Å². The molecule has 0 N–H and O–H groups in total. The first-order valence-corrected chi connectivity index (χ1v) is 4.48. The summed E-state index contributed by atoms with van der Waals surface area (Å²) < 4.78 is 40.1. The fourth-order valence-electron chi connectivity index (χ4n) is 1.37. The van der Waals surface area contributed by atoms with E-state index in [2.05, 4.69) is 11.3 Å². The van der Waals surface area contributed by atoms with Gasteiger partial charge in [0.1, 0.15) is 5.75 Å². The van der Waals surface area contributed by atoms with E-state index in [9.17, 15) is 13.2 Å². The molecular weight excluding hydrogens is 205 g/mol. The molecular formula is C11H11F3O. The molecule has 0 heterocycles. The number of benzene rings is 1. The van der Waals surface area contributed by atoms with E-state index in [4.69, 9.17) is 0 Å². The summed E-state index contributed by atoms with van der Waals surface area (Å²) in [6.45, 7) is 5.31. The predicted octanol–water partition coefficient (Wildman–Crippen LogP) is 3.79. The average Bonchev–Trinajstić information content (AvgIpc) is 2.15.